The number of aromatic nitrogens is 2. The van der Waals surface area contributed by atoms with E-state index in [9.17, 15) is 9.59 Å². The van der Waals surface area contributed by atoms with Crippen molar-refractivity contribution in [3.63, 3.8) is 0 Å². The van der Waals surface area contributed by atoms with Crippen LogP contribution >= 0.6 is 11.8 Å². The highest BCUT2D eigenvalue weighted by Crippen LogP contribution is 2.36. The number of nitrogens with zero attached hydrogens (tertiary/aromatic N) is 4. The summed E-state index contributed by atoms with van der Waals surface area (Å²) in [5.74, 6) is 1.18. The van der Waals surface area contributed by atoms with Crippen LogP contribution in [0.3, 0.4) is 0 Å². The third-order valence-corrected chi connectivity index (χ3v) is 6.06. The normalized spacial score (nSPS) is 17.0. The van der Waals surface area contributed by atoms with Crippen LogP contribution in [0.5, 0.6) is 0 Å². The fraction of sp³-hybridized carbons (Fsp3) is 0.421. The summed E-state index contributed by atoms with van der Waals surface area (Å²) in [4.78, 5) is 29.2. The van der Waals surface area contributed by atoms with E-state index in [-0.39, 0.29) is 0 Å². The summed E-state index contributed by atoms with van der Waals surface area (Å²) >= 11 is 1.77. The molecule has 4 rings (SSSR count). The van der Waals surface area contributed by atoms with Crippen LogP contribution in [0.2, 0.25) is 0 Å². The zero-order valence-electron chi connectivity index (χ0n) is 15.4. The molecule has 142 valence electrons. The molecule has 0 aliphatic carbocycles. The number of hydrogen-bond acceptors (Lipinski definition) is 5. The SMILES string of the molecule is CCN1CCN(C(=O)C(=O)Nc2c3c(nn2-c2ccccc2)CSC3)CC1. The molecule has 0 atom stereocenters. The highest BCUT2D eigenvalue weighted by molar-refractivity contribution is 7.98. The third kappa shape index (κ3) is 3.59. The van der Waals surface area contributed by atoms with Gasteiger partial charge in [-0.1, -0.05) is 25.1 Å². The molecule has 0 bridgehead atoms. The van der Waals surface area contributed by atoms with Crippen molar-refractivity contribution in [1.82, 2.24) is 19.6 Å². The third-order valence-electron chi connectivity index (χ3n) is 5.09. The van der Waals surface area contributed by atoms with Crippen LogP contribution < -0.4 is 5.32 Å². The van der Waals surface area contributed by atoms with Gasteiger partial charge in [-0.3, -0.25) is 9.59 Å². The summed E-state index contributed by atoms with van der Waals surface area (Å²) in [7, 11) is 0. The summed E-state index contributed by atoms with van der Waals surface area (Å²) in [5.41, 5.74) is 2.86. The topological polar surface area (TPSA) is 70.5 Å². The number of carbonyl (C=O) groups is 2. The number of anilines is 1. The Kier molecular flexibility index (Phi) is 5.18. The number of fused-ring (bicyclic) bond motifs is 1. The van der Waals surface area contributed by atoms with Crippen LogP contribution in [-0.2, 0) is 21.1 Å². The summed E-state index contributed by atoms with van der Waals surface area (Å²) in [6.45, 7) is 5.87. The number of thioether (sulfide) groups is 1. The first kappa shape index (κ1) is 18.1. The van der Waals surface area contributed by atoms with Gasteiger partial charge >= 0.3 is 11.8 Å². The van der Waals surface area contributed by atoms with Crippen molar-refractivity contribution >= 4 is 29.4 Å². The minimum atomic E-state index is -0.586. The molecule has 1 N–H and O–H groups in total. The molecule has 2 aliphatic rings. The quantitative estimate of drug-likeness (QED) is 0.815. The zero-order chi connectivity index (χ0) is 18.8. The van der Waals surface area contributed by atoms with E-state index in [4.69, 9.17) is 0 Å². The van der Waals surface area contributed by atoms with E-state index in [1.54, 1.807) is 21.3 Å². The molecule has 0 spiro atoms. The van der Waals surface area contributed by atoms with Gasteiger partial charge in [-0.15, -0.1) is 0 Å². The first-order chi connectivity index (χ1) is 13.2. The molecule has 1 fully saturated rings. The lowest BCUT2D eigenvalue weighted by molar-refractivity contribution is -0.144. The van der Waals surface area contributed by atoms with Crippen LogP contribution in [0.15, 0.2) is 30.3 Å². The van der Waals surface area contributed by atoms with E-state index >= 15 is 0 Å². The predicted molar refractivity (Wildman–Crippen MR) is 106 cm³/mol. The molecule has 0 saturated carbocycles. The highest BCUT2D eigenvalue weighted by atomic mass is 32.2. The number of benzene rings is 1. The maximum absolute atomic E-state index is 12.7. The summed E-state index contributed by atoms with van der Waals surface area (Å²) in [6, 6.07) is 9.68. The van der Waals surface area contributed by atoms with Crippen LogP contribution in [0.1, 0.15) is 18.2 Å². The van der Waals surface area contributed by atoms with Gasteiger partial charge in [-0.2, -0.15) is 16.9 Å². The number of likely N-dealkylation sites (N-methyl/N-ethyl adjacent to an activating group) is 1. The Morgan fingerprint density at radius 3 is 2.56 bits per heavy atom. The molecule has 27 heavy (non-hydrogen) atoms. The maximum atomic E-state index is 12.7. The molecule has 2 aromatic rings. The van der Waals surface area contributed by atoms with E-state index in [0.717, 1.165) is 48.1 Å². The Labute approximate surface area is 162 Å². The number of carbonyl (C=O) groups excluding carboxylic acids is 2. The fourth-order valence-corrected chi connectivity index (χ4v) is 4.50. The molecule has 1 saturated heterocycles. The van der Waals surface area contributed by atoms with Crippen molar-refractivity contribution in [3.8, 4) is 5.69 Å². The molecule has 7 nitrogen and oxygen atoms in total. The van der Waals surface area contributed by atoms with E-state index in [2.05, 4.69) is 22.2 Å². The minimum Gasteiger partial charge on any atom is -0.332 e. The van der Waals surface area contributed by atoms with Gasteiger partial charge < -0.3 is 15.1 Å². The molecule has 2 amide bonds. The number of amides is 2. The van der Waals surface area contributed by atoms with Gasteiger partial charge in [0.05, 0.1) is 11.4 Å². The molecular weight excluding hydrogens is 362 g/mol. The number of piperazine rings is 1. The molecule has 1 aromatic heterocycles. The fourth-order valence-electron chi connectivity index (χ4n) is 3.47. The Bertz CT molecular complexity index is 843. The average Bonchev–Trinajstić information content (AvgIpc) is 3.31. The Morgan fingerprint density at radius 2 is 1.85 bits per heavy atom. The summed E-state index contributed by atoms with van der Waals surface area (Å²) < 4.78 is 1.74. The van der Waals surface area contributed by atoms with Crippen LogP contribution in [-0.4, -0.2) is 64.1 Å². The highest BCUT2D eigenvalue weighted by Gasteiger charge is 2.29. The number of nitrogens with one attached hydrogen (secondary N) is 1. The Morgan fingerprint density at radius 1 is 1.11 bits per heavy atom. The lowest BCUT2D eigenvalue weighted by atomic mass is 10.2. The van der Waals surface area contributed by atoms with E-state index in [1.807, 2.05) is 30.3 Å². The van der Waals surface area contributed by atoms with Crippen molar-refractivity contribution in [3.05, 3.63) is 41.6 Å². The average molecular weight is 385 g/mol. The van der Waals surface area contributed by atoms with E-state index in [1.165, 1.54) is 0 Å². The second-order valence-electron chi connectivity index (χ2n) is 6.69. The van der Waals surface area contributed by atoms with Gasteiger partial charge in [0.1, 0.15) is 5.82 Å². The first-order valence-electron chi connectivity index (χ1n) is 9.24. The van der Waals surface area contributed by atoms with Crippen molar-refractivity contribution < 1.29 is 9.59 Å². The van der Waals surface area contributed by atoms with Crippen molar-refractivity contribution in [2.75, 3.05) is 38.0 Å². The molecule has 8 heteroatoms. The monoisotopic (exact) mass is 385 g/mol. The Hall–Kier alpha value is -2.32. The number of para-hydroxylation sites is 1. The second kappa shape index (κ2) is 7.74. The van der Waals surface area contributed by atoms with Crippen LogP contribution in [0.4, 0.5) is 5.82 Å². The van der Waals surface area contributed by atoms with Gasteiger partial charge in [-0.05, 0) is 18.7 Å². The van der Waals surface area contributed by atoms with Crippen LogP contribution in [0.25, 0.3) is 5.69 Å². The number of hydrogen-bond donors (Lipinski definition) is 1. The largest absolute Gasteiger partial charge is 0.332 e. The molecule has 0 radical (unpaired) electrons. The van der Waals surface area contributed by atoms with Crippen LogP contribution in [0, 0.1) is 0 Å². The van der Waals surface area contributed by atoms with E-state index < -0.39 is 11.8 Å². The van der Waals surface area contributed by atoms with Gasteiger partial charge in [0.2, 0.25) is 0 Å². The maximum Gasteiger partial charge on any atom is 0.315 e. The van der Waals surface area contributed by atoms with Gasteiger partial charge in [0, 0.05) is 43.2 Å². The molecular formula is C19H23N5O2S. The van der Waals surface area contributed by atoms with Crippen molar-refractivity contribution in [2.24, 2.45) is 0 Å². The summed E-state index contributed by atoms with van der Waals surface area (Å²) in [5, 5.41) is 7.51. The molecule has 1 aromatic carbocycles. The van der Waals surface area contributed by atoms with Crippen molar-refractivity contribution in [2.45, 2.75) is 18.4 Å². The molecule has 3 heterocycles. The van der Waals surface area contributed by atoms with E-state index in [0.29, 0.717) is 18.9 Å². The Balaban J connectivity index is 1.54. The molecule has 2 aliphatic heterocycles. The van der Waals surface area contributed by atoms with Crippen molar-refractivity contribution in [1.29, 1.82) is 0 Å². The second-order valence-corrected chi connectivity index (χ2v) is 7.68. The molecule has 0 unspecified atom stereocenters. The standard InChI is InChI=1S/C19H23N5O2S/c1-2-22-8-10-23(11-9-22)19(26)18(25)20-17-15-12-27-13-16(15)21-24(17)14-6-4-3-5-7-14/h3-7H,2,8-13H2,1H3,(H,20,25). The van der Waals surface area contributed by atoms with Gasteiger partial charge in [-0.25, -0.2) is 4.68 Å². The predicted octanol–water partition coefficient (Wildman–Crippen LogP) is 1.72. The summed E-state index contributed by atoms with van der Waals surface area (Å²) in [6.07, 6.45) is 0. The smallest absolute Gasteiger partial charge is 0.315 e. The minimum absolute atomic E-state index is 0.467. The van der Waals surface area contributed by atoms with Gasteiger partial charge in [0.25, 0.3) is 0 Å². The van der Waals surface area contributed by atoms with Gasteiger partial charge in [0.15, 0.2) is 0 Å². The first-order valence-corrected chi connectivity index (χ1v) is 10.4. The lowest BCUT2D eigenvalue weighted by Gasteiger charge is -2.33. The zero-order valence-corrected chi connectivity index (χ0v) is 16.2. The lowest BCUT2D eigenvalue weighted by Crippen LogP contribution is -2.51. The number of rotatable bonds is 3.